The monoisotopic (exact) mass is 202 g/mol. The molecule has 0 heterocycles. The second-order valence-electron chi connectivity index (χ2n) is 3.82. The zero-order valence-corrected chi connectivity index (χ0v) is 8.98. The number of rotatable bonds is 4. The Labute approximate surface area is 84.1 Å². The number of carbonyl (C=O) groups is 1. The van der Waals surface area contributed by atoms with Gasteiger partial charge in [-0.25, -0.2) is 0 Å². The summed E-state index contributed by atoms with van der Waals surface area (Å²) in [5.41, 5.74) is 0. The molecule has 3 heteroatoms. The summed E-state index contributed by atoms with van der Waals surface area (Å²) in [4.78, 5) is 10.6. The maximum absolute atomic E-state index is 10.6. The van der Waals surface area contributed by atoms with Gasteiger partial charge in [0.15, 0.2) is 0 Å². The third-order valence-electron chi connectivity index (χ3n) is 2.65. The molecule has 1 atom stereocenters. The Bertz CT molecular complexity index is 164. The number of hydrogen-bond donors (Lipinski definition) is 1. The minimum atomic E-state index is -0.680. The van der Waals surface area contributed by atoms with Crippen molar-refractivity contribution >= 4 is 17.7 Å². The van der Waals surface area contributed by atoms with Crippen molar-refractivity contribution in [1.82, 2.24) is 0 Å². The van der Waals surface area contributed by atoms with Crippen LogP contribution in [0.4, 0.5) is 0 Å². The molecule has 1 N–H and O–H groups in total. The van der Waals surface area contributed by atoms with Crippen molar-refractivity contribution in [1.29, 1.82) is 0 Å². The van der Waals surface area contributed by atoms with Crippen LogP contribution in [-0.2, 0) is 4.79 Å². The van der Waals surface area contributed by atoms with Crippen molar-refractivity contribution in [3.63, 3.8) is 0 Å². The number of carboxylic acids is 1. The van der Waals surface area contributed by atoms with Gasteiger partial charge in [0, 0.05) is 0 Å². The fourth-order valence-corrected chi connectivity index (χ4v) is 2.74. The standard InChI is InChI=1S/C10H18O2S/c1-8(10(11)12)13-7-9-5-3-2-4-6-9/h8-9H,2-7H2,1H3,(H,11,12). The van der Waals surface area contributed by atoms with Crippen LogP contribution in [0.2, 0.25) is 0 Å². The van der Waals surface area contributed by atoms with E-state index >= 15 is 0 Å². The first kappa shape index (κ1) is 10.9. The molecule has 76 valence electrons. The van der Waals surface area contributed by atoms with Crippen molar-refractivity contribution in [3.8, 4) is 0 Å². The minimum absolute atomic E-state index is 0.234. The molecular formula is C10H18O2S. The lowest BCUT2D eigenvalue weighted by atomic mass is 9.91. The predicted molar refractivity (Wildman–Crippen MR) is 56.1 cm³/mol. The van der Waals surface area contributed by atoms with Crippen LogP contribution < -0.4 is 0 Å². The van der Waals surface area contributed by atoms with E-state index in [-0.39, 0.29) is 5.25 Å². The summed E-state index contributed by atoms with van der Waals surface area (Å²) in [6.45, 7) is 1.77. The van der Waals surface area contributed by atoms with E-state index < -0.39 is 5.97 Å². The van der Waals surface area contributed by atoms with Gasteiger partial charge >= 0.3 is 5.97 Å². The van der Waals surface area contributed by atoms with Crippen LogP contribution in [0.5, 0.6) is 0 Å². The van der Waals surface area contributed by atoms with Gasteiger partial charge in [-0.1, -0.05) is 19.3 Å². The normalized spacial score (nSPS) is 21.3. The number of aliphatic carboxylic acids is 1. The van der Waals surface area contributed by atoms with Crippen molar-refractivity contribution in [2.75, 3.05) is 5.75 Å². The van der Waals surface area contributed by atoms with E-state index in [2.05, 4.69) is 0 Å². The van der Waals surface area contributed by atoms with E-state index in [9.17, 15) is 4.79 Å². The molecule has 0 saturated heterocycles. The van der Waals surface area contributed by atoms with Gasteiger partial charge in [0.2, 0.25) is 0 Å². The summed E-state index contributed by atoms with van der Waals surface area (Å²) in [6, 6.07) is 0. The smallest absolute Gasteiger partial charge is 0.316 e. The first-order valence-electron chi connectivity index (χ1n) is 5.04. The van der Waals surface area contributed by atoms with Crippen LogP contribution in [0.3, 0.4) is 0 Å². The minimum Gasteiger partial charge on any atom is -0.480 e. The fourth-order valence-electron chi connectivity index (χ4n) is 1.71. The van der Waals surface area contributed by atoms with Gasteiger partial charge in [0.05, 0.1) is 5.25 Å². The zero-order chi connectivity index (χ0) is 9.68. The van der Waals surface area contributed by atoms with E-state index in [0.717, 1.165) is 11.7 Å². The summed E-state index contributed by atoms with van der Waals surface area (Å²) < 4.78 is 0. The van der Waals surface area contributed by atoms with Gasteiger partial charge < -0.3 is 5.11 Å². The molecule has 0 aliphatic heterocycles. The highest BCUT2D eigenvalue weighted by Gasteiger charge is 2.17. The molecule has 1 aliphatic rings. The van der Waals surface area contributed by atoms with Crippen LogP contribution in [0.25, 0.3) is 0 Å². The van der Waals surface area contributed by atoms with Gasteiger partial charge in [-0.2, -0.15) is 0 Å². The van der Waals surface area contributed by atoms with Crippen molar-refractivity contribution in [2.24, 2.45) is 5.92 Å². The maximum atomic E-state index is 10.6. The molecule has 2 nitrogen and oxygen atoms in total. The Morgan fingerprint density at radius 2 is 2.08 bits per heavy atom. The molecule has 0 bridgehead atoms. The third-order valence-corrected chi connectivity index (χ3v) is 4.02. The lowest BCUT2D eigenvalue weighted by molar-refractivity contribution is -0.136. The molecule has 1 aliphatic carbocycles. The number of hydrogen-bond acceptors (Lipinski definition) is 2. The van der Waals surface area contributed by atoms with Crippen LogP contribution in [0.15, 0.2) is 0 Å². The molecule has 0 spiro atoms. The van der Waals surface area contributed by atoms with Crippen LogP contribution in [0, 0.1) is 5.92 Å². The van der Waals surface area contributed by atoms with Gasteiger partial charge in [-0.3, -0.25) is 4.79 Å². The van der Waals surface area contributed by atoms with Crippen LogP contribution >= 0.6 is 11.8 Å². The lowest BCUT2D eigenvalue weighted by Gasteiger charge is -2.21. The summed E-state index contributed by atoms with van der Waals surface area (Å²) >= 11 is 1.59. The largest absolute Gasteiger partial charge is 0.480 e. The Morgan fingerprint density at radius 3 is 2.62 bits per heavy atom. The molecule has 1 saturated carbocycles. The molecule has 1 fully saturated rings. The highest BCUT2D eigenvalue weighted by Crippen LogP contribution is 2.28. The number of carboxylic acid groups (broad SMARTS) is 1. The predicted octanol–water partition coefficient (Wildman–Crippen LogP) is 2.77. The third kappa shape index (κ3) is 4.03. The van der Waals surface area contributed by atoms with E-state index in [1.54, 1.807) is 18.7 Å². The molecule has 0 aromatic rings. The Kier molecular flexibility index (Phi) is 4.64. The maximum Gasteiger partial charge on any atom is 0.316 e. The Morgan fingerprint density at radius 1 is 1.46 bits per heavy atom. The highest BCUT2D eigenvalue weighted by atomic mass is 32.2. The zero-order valence-electron chi connectivity index (χ0n) is 8.16. The topological polar surface area (TPSA) is 37.3 Å². The van der Waals surface area contributed by atoms with Crippen molar-refractivity contribution < 1.29 is 9.90 Å². The summed E-state index contributed by atoms with van der Waals surface area (Å²) in [5, 5.41) is 8.46. The average molecular weight is 202 g/mol. The lowest BCUT2D eigenvalue weighted by Crippen LogP contribution is -2.16. The van der Waals surface area contributed by atoms with Crippen molar-refractivity contribution in [3.05, 3.63) is 0 Å². The molecule has 0 aromatic carbocycles. The van der Waals surface area contributed by atoms with Gasteiger partial charge in [0.1, 0.15) is 0 Å². The molecule has 13 heavy (non-hydrogen) atoms. The average Bonchev–Trinajstić information content (AvgIpc) is 2.15. The molecule has 0 aromatic heterocycles. The molecular weight excluding hydrogens is 184 g/mol. The summed E-state index contributed by atoms with van der Waals surface area (Å²) in [5.74, 6) is 1.13. The van der Waals surface area contributed by atoms with Crippen molar-refractivity contribution in [2.45, 2.75) is 44.3 Å². The molecule has 1 rings (SSSR count). The summed E-state index contributed by atoms with van der Waals surface area (Å²) in [7, 11) is 0. The Hall–Kier alpha value is -0.180. The highest BCUT2D eigenvalue weighted by molar-refractivity contribution is 8.00. The van der Waals surface area contributed by atoms with E-state index in [1.807, 2.05) is 0 Å². The van der Waals surface area contributed by atoms with E-state index in [4.69, 9.17) is 5.11 Å². The first-order valence-corrected chi connectivity index (χ1v) is 6.09. The fraction of sp³-hybridized carbons (Fsp3) is 0.900. The molecule has 0 radical (unpaired) electrons. The molecule has 0 amide bonds. The quantitative estimate of drug-likeness (QED) is 0.761. The van der Waals surface area contributed by atoms with Gasteiger partial charge in [0.25, 0.3) is 0 Å². The second kappa shape index (κ2) is 5.53. The Balaban J connectivity index is 2.13. The molecule has 1 unspecified atom stereocenters. The van der Waals surface area contributed by atoms with E-state index in [1.165, 1.54) is 32.1 Å². The van der Waals surface area contributed by atoms with Crippen LogP contribution in [-0.4, -0.2) is 22.1 Å². The van der Waals surface area contributed by atoms with Gasteiger partial charge in [-0.15, -0.1) is 11.8 Å². The van der Waals surface area contributed by atoms with Crippen LogP contribution in [0.1, 0.15) is 39.0 Å². The number of thioether (sulfide) groups is 1. The summed E-state index contributed by atoms with van der Waals surface area (Å²) in [6.07, 6.45) is 6.66. The first-order chi connectivity index (χ1) is 6.20. The SMILES string of the molecule is CC(SCC1CCCCC1)C(=O)O. The second-order valence-corrected chi connectivity index (χ2v) is 5.19. The van der Waals surface area contributed by atoms with E-state index in [0.29, 0.717) is 0 Å². The van der Waals surface area contributed by atoms with Gasteiger partial charge in [-0.05, 0) is 31.4 Å².